The smallest absolute Gasteiger partial charge is 0.308 e. The van der Waals surface area contributed by atoms with Crippen LogP contribution in [-0.2, 0) is 14.8 Å². The normalized spacial score (nSPS) is 21.9. The molecule has 2 atom stereocenters. The molecule has 0 saturated carbocycles. The zero-order valence-electron chi connectivity index (χ0n) is 13.3. The largest absolute Gasteiger partial charge is 0.481 e. The fraction of sp³-hybridized carbons (Fsp3) is 0.400. The Morgan fingerprint density at radius 3 is 2.67 bits per heavy atom. The molecule has 1 saturated heterocycles. The predicted octanol–water partition coefficient (Wildman–Crippen LogP) is 0.917. The molecule has 0 amide bonds. The quantitative estimate of drug-likeness (QED) is 0.879. The van der Waals surface area contributed by atoms with Gasteiger partial charge in [0.2, 0.25) is 10.0 Å². The maximum absolute atomic E-state index is 12.9. The number of rotatable bonds is 4. The third-order valence-corrected chi connectivity index (χ3v) is 6.28. The van der Waals surface area contributed by atoms with Crippen LogP contribution in [0.4, 0.5) is 0 Å². The van der Waals surface area contributed by atoms with Crippen LogP contribution in [0.25, 0.3) is 5.82 Å². The molecule has 0 bridgehead atoms. The minimum absolute atomic E-state index is 0.0208. The highest BCUT2D eigenvalue weighted by molar-refractivity contribution is 7.89. The van der Waals surface area contributed by atoms with Crippen LogP contribution in [0.2, 0.25) is 0 Å². The van der Waals surface area contributed by atoms with E-state index in [1.54, 1.807) is 38.2 Å². The van der Waals surface area contributed by atoms with Gasteiger partial charge in [0.25, 0.3) is 0 Å². The van der Waals surface area contributed by atoms with Crippen molar-refractivity contribution in [1.82, 2.24) is 19.1 Å². The molecule has 1 aliphatic rings. The third-order valence-electron chi connectivity index (χ3n) is 4.34. The second kappa shape index (κ2) is 5.99. The van der Waals surface area contributed by atoms with Crippen molar-refractivity contribution >= 4 is 16.0 Å². The second-order valence-corrected chi connectivity index (χ2v) is 7.84. The number of hydrogen-bond donors (Lipinski definition) is 1. The Bertz CT molecular complexity index is 863. The molecule has 128 valence electrons. The van der Waals surface area contributed by atoms with Gasteiger partial charge in [-0.1, -0.05) is 13.0 Å². The molecule has 0 unspecified atom stereocenters. The van der Waals surface area contributed by atoms with Crippen molar-refractivity contribution < 1.29 is 18.3 Å². The van der Waals surface area contributed by atoms with Crippen LogP contribution in [-0.4, -0.2) is 51.7 Å². The van der Waals surface area contributed by atoms with E-state index in [0.717, 1.165) is 0 Å². The van der Waals surface area contributed by atoms with Crippen LogP contribution >= 0.6 is 0 Å². The van der Waals surface area contributed by atoms with Crippen LogP contribution in [0.1, 0.15) is 12.6 Å². The van der Waals surface area contributed by atoms with Crippen molar-refractivity contribution in [2.45, 2.75) is 18.7 Å². The Morgan fingerprint density at radius 1 is 1.33 bits per heavy atom. The highest BCUT2D eigenvalue weighted by Gasteiger charge is 2.41. The van der Waals surface area contributed by atoms with E-state index in [0.29, 0.717) is 11.5 Å². The van der Waals surface area contributed by atoms with Gasteiger partial charge in [0.05, 0.1) is 17.8 Å². The topological polar surface area (TPSA) is 105 Å². The molecule has 1 aliphatic heterocycles. The van der Waals surface area contributed by atoms with Gasteiger partial charge in [-0.25, -0.2) is 18.1 Å². The number of pyridine rings is 1. The van der Waals surface area contributed by atoms with Gasteiger partial charge in [0, 0.05) is 19.3 Å². The Morgan fingerprint density at radius 2 is 2.08 bits per heavy atom. The third kappa shape index (κ3) is 2.69. The minimum atomic E-state index is -3.80. The van der Waals surface area contributed by atoms with Gasteiger partial charge in [-0.2, -0.15) is 9.40 Å². The van der Waals surface area contributed by atoms with Gasteiger partial charge in [-0.3, -0.25) is 4.79 Å². The lowest BCUT2D eigenvalue weighted by Gasteiger charge is -2.15. The Balaban J connectivity index is 1.95. The van der Waals surface area contributed by atoms with E-state index in [9.17, 15) is 18.3 Å². The standard InChI is InChI=1S/C15H18N4O4S/c1-10-8-18(9-12(10)15(20)21)24(22,23)13-7-17-19(11(13)2)14-5-3-4-6-16-14/h3-7,10,12H,8-9H2,1-2H3,(H,20,21)/t10-,12-/m1/s1. The summed E-state index contributed by atoms with van der Waals surface area (Å²) in [5.74, 6) is -1.37. The summed E-state index contributed by atoms with van der Waals surface area (Å²) in [7, 11) is -3.80. The van der Waals surface area contributed by atoms with Gasteiger partial charge < -0.3 is 5.11 Å². The molecule has 1 fully saturated rings. The summed E-state index contributed by atoms with van der Waals surface area (Å²) in [6.07, 6.45) is 2.89. The number of aromatic nitrogens is 3. The first-order chi connectivity index (χ1) is 11.3. The van der Waals surface area contributed by atoms with Gasteiger partial charge in [0.1, 0.15) is 4.90 Å². The summed E-state index contributed by atoms with van der Waals surface area (Å²) in [6.45, 7) is 3.57. The van der Waals surface area contributed by atoms with Crippen LogP contribution in [0.3, 0.4) is 0 Å². The van der Waals surface area contributed by atoms with Crippen LogP contribution in [0.15, 0.2) is 35.5 Å². The monoisotopic (exact) mass is 350 g/mol. The lowest BCUT2D eigenvalue weighted by atomic mass is 9.99. The van der Waals surface area contributed by atoms with E-state index < -0.39 is 21.9 Å². The van der Waals surface area contributed by atoms with E-state index in [1.165, 1.54) is 15.2 Å². The Labute approximate surface area is 139 Å². The molecule has 24 heavy (non-hydrogen) atoms. The molecular formula is C15H18N4O4S. The number of carboxylic acids is 1. The van der Waals surface area contributed by atoms with Crippen molar-refractivity contribution in [3.05, 3.63) is 36.3 Å². The SMILES string of the molecule is Cc1c(S(=O)(=O)N2C[C@@H](C)[C@H](C(=O)O)C2)cnn1-c1ccccn1. The van der Waals surface area contributed by atoms with Gasteiger partial charge in [-0.05, 0) is 25.0 Å². The zero-order valence-corrected chi connectivity index (χ0v) is 14.1. The Kier molecular flexibility index (Phi) is 4.14. The van der Waals surface area contributed by atoms with Crippen molar-refractivity contribution in [2.24, 2.45) is 11.8 Å². The first-order valence-corrected chi connectivity index (χ1v) is 8.95. The first kappa shape index (κ1) is 16.6. The molecule has 1 N–H and O–H groups in total. The van der Waals surface area contributed by atoms with Crippen molar-refractivity contribution in [3.63, 3.8) is 0 Å². The first-order valence-electron chi connectivity index (χ1n) is 7.51. The summed E-state index contributed by atoms with van der Waals surface area (Å²) in [6, 6.07) is 5.28. The maximum Gasteiger partial charge on any atom is 0.308 e. The predicted molar refractivity (Wildman–Crippen MR) is 85.1 cm³/mol. The molecule has 2 aromatic rings. The highest BCUT2D eigenvalue weighted by atomic mass is 32.2. The van der Waals surface area contributed by atoms with Crippen LogP contribution in [0.5, 0.6) is 0 Å². The average molecular weight is 350 g/mol. The van der Waals surface area contributed by atoms with Crippen molar-refractivity contribution in [2.75, 3.05) is 13.1 Å². The molecule has 0 radical (unpaired) electrons. The Hall–Kier alpha value is -2.26. The number of nitrogens with zero attached hydrogens (tertiary/aromatic N) is 4. The summed E-state index contributed by atoms with van der Waals surface area (Å²) in [4.78, 5) is 15.5. The summed E-state index contributed by atoms with van der Waals surface area (Å²) >= 11 is 0. The van der Waals surface area contributed by atoms with E-state index in [4.69, 9.17) is 0 Å². The average Bonchev–Trinajstić information content (AvgIpc) is 3.12. The number of carbonyl (C=O) groups is 1. The van der Waals surface area contributed by atoms with E-state index in [1.807, 2.05) is 0 Å². The maximum atomic E-state index is 12.9. The molecule has 0 aromatic carbocycles. The lowest BCUT2D eigenvalue weighted by molar-refractivity contribution is -0.142. The fourth-order valence-electron chi connectivity index (χ4n) is 2.94. The summed E-state index contributed by atoms with van der Waals surface area (Å²) < 4.78 is 28.4. The zero-order chi connectivity index (χ0) is 17.5. The molecule has 8 nitrogen and oxygen atoms in total. The second-order valence-electron chi connectivity index (χ2n) is 5.94. The van der Waals surface area contributed by atoms with E-state index in [-0.39, 0.29) is 23.9 Å². The number of hydrogen-bond acceptors (Lipinski definition) is 5. The molecule has 9 heteroatoms. The summed E-state index contributed by atoms with van der Waals surface area (Å²) in [5, 5.41) is 13.3. The number of sulfonamides is 1. The fourth-order valence-corrected chi connectivity index (χ4v) is 4.64. The lowest BCUT2D eigenvalue weighted by Crippen LogP contribution is -2.30. The molecule has 3 heterocycles. The highest BCUT2D eigenvalue weighted by Crippen LogP contribution is 2.30. The number of aliphatic carboxylic acids is 1. The van der Waals surface area contributed by atoms with Crippen molar-refractivity contribution in [3.8, 4) is 5.82 Å². The molecule has 0 aliphatic carbocycles. The van der Waals surface area contributed by atoms with Crippen molar-refractivity contribution in [1.29, 1.82) is 0 Å². The number of carboxylic acid groups (broad SMARTS) is 1. The van der Waals surface area contributed by atoms with E-state index >= 15 is 0 Å². The van der Waals surface area contributed by atoms with Gasteiger partial charge in [-0.15, -0.1) is 0 Å². The van der Waals surface area contributed by atoms with Gasteiger partial charge >= 0.3 is 5.97 Å². The van der Waals surface area contributed by atoms with Crippen LogP contribution < -0.4 is 0 Å². The minimum Gasteiger partial charge on any atom is -0.481 e. The molecule has 0 spiro atoms. The molecule has 2 aromatic heterocycles. The molecule has 3 rings (SSSR count). The van der Waals surface area contributed by atoms with E-state index in [2.05, 4.69) is 10.1 Å². The summed E-state index contributed by atoms with van der Waals surface area (Å²) in [5.41, 5.74) is 0.445. The van der Waals surface area contributed by atoms with Gasteiger partial charge in [0.15, 0.2) is 5.82 Å². The van der Waals surface area contributed by atoms with Crippen LogP contribution in [0, 0.1) is 18.8 Å². The molecular weight excluding hydrogens is 332 g/mol.